The Morgan fingerprint density at radius 1 is 1.15 bits per heavy atom. The maximum absolute atomic E-state index is 5.53. The van der Waals surface area contributed by atoms with Crippen molar-refractivity contribution in [3.63, 3.8) is 0 Å². The van der Waals surface area contributed by atoms with Gasteiger partial charge in [-0.2, -0.15) is 0 Å². The van der Waals surface area contributed by atoms with E-state index >= 15 is 0 Å². The summed E-state index contributed by atoms with van der Waals surface area (Å²) in [7, 11) is 0. The molecule has 20 heavy (non-hydrogen) atoms. The Morgan fingerprint density at radius 2 is 1.90 bits per heavy atom. The first-order chi connectivity index (χ1) is 9.58. The number of nitrogens with two attached hydrogens (primary N) is 1. The van der Waals surface area contributed by atoms with Crippen LogP contribution in [0.25, 0.3) is 0 Å². The number of anilines is 2. The van der Waals surface area contributed by atoms with Crippen molar-refractivity contribution in [2.24, 2.45) is 11.3 Å². The highest BCUT2D eigenvalue weighted by molar-refractivity contribution is 5.48. The Morgan fingerprint density at radius 3 is 2.55 bits per heavy atom. The third kappa shape index (κ3) is 2.87. The Balaban J connectivity index is 1.80. The molecule has 110 valence electrons. The van der Waals surface area contributed by atoms with Crippen molar-refractivity contribution in [2.45, 2.75) is 64.3 Å². The number of nitrogens with zero attached hydrogens (tertiary/aromatic N) is 2. The topological polar surface area (TPSA) is 75.9 Å². The van der Waals surface area contributed by atoms with Crippen LogP contribution in [-0.2, 0) is 0 Å². The minimum absolute atomic E-state index is 0.319. The number of hydrazine groups is 1. The Labute approximate surface area is 120 Å². The van der Waals surface area contributed by atoms with E-state index in [4.69, 9.17) is 5.84 Å². The monoisotopic (exact) mass is 275 g/mol. The van der Waals surface area contributed by atoms with Gasteiger partial charge in [0.05, 0.1) is 0 Å². The summed E-state index contributed by atoms with van der Waals surface area (Å²) in [5, 5.41) is 3.62. The van der Waals surface area contributed by atoms with Gasteiger partial charge in [-0.15, -0.1) is 0 Å². The van der Waals surface area contributed by atoms with E-state index in [0.717, 1.165) is 11.6 Å². The van der Waals surface area contributed by atoms with E-state index in [1.165, 1.54) is 38.5 Å². The van der Waals surface area contributed by atoms with E-state index in [-0.39, 0.29) is 0 Å². The fourth-order valence-electron chi connectivity index (χ4n) is 3.08. The van der Waals surface area contributed by atoms with Gasteiger partial charge < -0.3 is 10.7 Å². The number of aromatic nitrogens is 2. The predicted molar refractivity (Wildman–Crippen MR) is 81.5 cm³/mol. The first-order valence-corrected chi connectivity index (χ1v) is 7.70. The van der Waals surface area contributed by atoms with Crippen LogP contribution in [0, 0.1) is 5.41 Å². The Kier molecular flexibility index (Phi) is 3.54. The second-order valence-electron chi connectivity index (χ2n) is 6.85. The summed E-state index contributed by atoms with van der Waals surface area (Å²) in [5.41, 5.74) is 2.98. The number of rotatable bonds is 4. The molecule has 3 rings (SSSR count). The van der Waals surface area contributed by atoms with E-state index in [0.29, 0.717) is 23.2 Å². The van der Waals surface area contributed by atoms with E-state index < -0.39 is 0 Å². The third-order valence-electron chi connectivity index (χ3n) is 4.66. The molecule has 4 N–H and O–H groups in total. The molecule has 1 aromatic heterocycles. The summed E-state index contributed by atoms with van der Waals surface area (Å²) in [6.07, 6.45) is 7.50. The van der Waals surface area contributed by atoms with Gasteiger partial charge in [0.2, 0.25) is 0 Å². The van der Waals surface area contributed by atoms with E-state index in [2.05, 4.69) is 34.6 Å². The lowest BCUT2D eigenvalue weighted by atomic mass is 9.73. The maximum Gasteiger partial charge on any atom is 0.145 e. The smallest absolute Gasteiger partial charge is 0.145 e. The van der Waals surface area contributed by atoms with Gasteiger partial charge in [0.15, 0.2) is 0 Å². The van der Waals surface area contributed by atoms with Gasteiger partial charge in [0.1, 0.15) is 17.5 Å². The van der Waals surface area contributed by atoms with E-state index in [1.807, 2.05) is 6.07 Å². The maximum atomic E-state index is 5.53. The summed E-state index contributed by atoms with van der Waals surface area (Å²) in [4.78, 5) is 9.14. The van der Waals surface area contributed by atoms with Crippen LogP contribution >= 0.6 is 0 Å². The lowest BCUT2D eigenvalue weighted by Crippen LogP contribution is -2.39. The highest BCUT2D eigenvalue weighted by Crippen LogP contribution is 2.40. The Bertz CT molecular complexity index is 481. The first-order valence-electron chi connectivity index (χ1n) is 7.70. The standard InChI is InChI=1S/C15H25N5/c1-15(2)8-4-3-5-11(15)17-12-9-13(20-16)19-14(18-12)10-6-7-10/h9-11H,3-8,16H2,1-2H3,(H2,17,18,19,20). The van der Waals surface area contributed by atoms with Gasteiger partial charge in [-0.1, -0.05) is 26.7 Å². The van der Waals surface area contributed by atoms with Crippen LogP contribution in [-0.4, -0.2) is 16.0 Å². The van der Waals surface area contributed by atoms with Gasteiger partial charge in [-0.05, 0) is 31.1 Å². The van der Waals surface area contributed by atoms with Crippen molar-refractivity contribution in [2.75, 3.05) is 10.7 Å². The zero-order valence-electron chi connectivity index (χ0n) is 12.4. The molecule has 0 amide bonds. The molecule has 0 aliphatic heterocycles. The van der Waals surface area contributed by atoms with Crippen LogP contribution in [0.2, 0.25) is 0 Å². The molecule has 5 heteroatoms. The second kappa shape index (κ2) is 5.20. The molecular weight excluding hydrogens is 250 g/mol. The molecule has 0 bridgehead atoms. The molecule has 1 unspecified atom stereocenters. The van der Waals surface area contributed by atoms with E-state index in [1.54, 1.807) is 0 Å². The number of hydrogen-bond donors (Lipinski definition) is 3. The van der Waals surface area contributed by atoms with Crippen LogP contribution in [0.15, 0.2) is 6.07 Å². The summed E-state index contributed by atoms with van der Waals surface area (Å²) in [5.74, 6) is 8.60. The highest BCUT2D eigenvalue weighted by Gasteiger charge is 2.33. The minimum Gasteiger partial charge on any atom is -0.367 e. The molecule has 1 heterocycles. The normalized spacial score (nSPS) is 25.2. The summed E-state index contributed by atoms with van der Waals surface area (Å²) in [6.45, 7) is 4.68. The summed E-state index contributed by atoms with van der Waals surface area (Å²) in [6, 6.07) is 2.39. The number of nitrogens with one attached hydrogen (secondary N) is 2. The largest absolute Gasteiger partial charge is 0.367 e. The van der Waals surface area contributed by atoms with Crippen LogP contribution in [0.3, 0.4) is 0 Å². The summed E-state index contributed by atoms with van der Waals surface area (Å²) < 4.78 is 0. The van der Waals surface area contributed by atoms with Gasteiger partial charge in [0.25, 0.3) is 0 Å². The average molecular weight is 275 g/mol. The molecule has 5 nitrogen and oxygen atoms in total. The molecule has 0 spiro atoms. The molecule has 0 radical (unpaired) electrons. The van der Waals surface area contributed by atoms with Crippen molar-refractivity contribution in [3.05, 3.63) is 11.9 Å². The SMILES string of the molecule is CC1(C)CCCCC1Nc1cc(NN)nc(C2CC2)n1. The zero-order chi connectivity index (χ0) is 14.2. The molecule has 2 fully saturated rings. The van der Waals surface area contributed by atoms with Crippen LogP contribution < -0.4 is 16.6 Å². The quantitative estimate of drug-likeness (QED) is 0.581. The minimum atomic E-state index is 0.319. The third-order valence-corrected chi connectivity index (χ3v) is 4.66. The van der Waals surface area contributed by atoms with Crippen molar-refractivity contribution in [1.82, 2.24) is 9.97 Å². The molecule has 1 aromatic rings. The lowest BCUT2D eigenvalue weighted by molar-refractivity contribution is 0.216. The zero-order valence-corrected chi connectivity index (χ0v) is 12.4. The lowest BCUT2D eigenvalue weighted by Gasteiger charge is -2.39. The Hall–Kier alpha value is -1.36. The van der Waals surface area contributed by atoms with Crippen LogP contribution in [0.5, 0.6) is 0 Å². The van der Waals surface area contributed by atoms with Crippen LogP contribution in [0.4, 0.5) is 11.6 Å². The second-order valence-corrected chi connectivity index (χ2v) is 6.85. The number of hydrogen-bond acceptors (Lipinski definition) is 5. The van der Waals surface area contributed by atoms with Gasteiger partial charge in [-0.3, -0.25) is 0 Å². The molecular formula is C15H25N5. The molecule has 2 saturated carbocycles. The molecule has 0 saturated heterocycles. The predicted octanol–water partition coefficient (Wildman–Crippen LogP) is 3.02. The fourth-order valence-corrected chi connectivity index (χ4v) is 3.08. The van der Waals surface area contributed by atoms with Crippen molar-refractivity contribution in [1.29, 1.82) is 0 Å². The molecule has 0 aromatic carbocycles. The highest BCUT2D eigenvalue weighted by atomic mass is 15.3. The molecule has 2 aliphatic rings. The van der Waals surface area contributed by atoms with Gasteiger partial charge in [0, 0.05) is 18.0 Å². The van der Waals surface area contributed by atoms with Crippen molar-refractivity contribution in [3.8, 4) is 0 Å². The van der Waals surface area contributed by atoms with Crippen molar-refractivity contribution < 1.29 is 0 Å². The van der Waals surface area contributed by atoms with Crippen LogP contribution in [0.1, 0.15) is 64.1 Å². The van der Waals surface area contributed by atoms with Crippen molar-refractivity contribution >= 4 is 11.6 Å². The summed E-state index contributed by atoms with van der Waals surface area (Å²) >= 11 is 0. The van der Waals surface area contributed by atoms with Gasteiger partial charge >= 0.3 is 0 Å². The number of nitrogen functional groups attached to an aromatic ring is 1. The molecule has 2 aliphatic carbocycles. The van der Waals surface area contributed by atoms with Gasteiger partial charge in [-0.25, -0.2) is 15.8 Å². The fraction of sp³-hybridized carbons (Fsp3) is 0.733. The van der Waals surface area contributed by atoms with E-state index in [9.17, 15) is 0 Å². The molecule has 1 atom stereocenters. The average Bonchev–Trinajstić information content (AvgIpc) is 3.25. The first kappa shape index (κ1) is 13.6.